The predicted molar refractivity (Wildman–Crippen MR) is 78.9 cm³/mol. The molecule has 3 aromatic rings. The molecule has 0 saturated carbocycles. The van der Waals surface area contributed by atoms with Crippen LogP contribution in [0.5, 0.6) is 0 Å². The second-order valence-electron chi connectivity index (χ2n) is 4.95. The molecular weight excluding hydrogens is 370 g/mol. The predicted octanol–water partition coefficient (Wildman–Crippen LogP) is 4.69. The number of thioether (sulfide) groups is 1. The molecule has 4 nitrogen and oxygen atoms in total. The van der Waals surface area contributed by atoms with Gasteiger partial charge in [-0.15, -0.1) is 11.8 Å². The Balaban J connectivity index is 1.99. The van der Waals surface area contributed by atoms with Gasteiger partial charge in [0.2, 0.25) is 0 Å². The van der Waals surface area contributed by atoms with Crippen LogP contribution in [0.1, 0.15) is 5.56 Å². The van der Waals surface area contributed by atoms with E-state index in [4.69, 9.17) is 0 Å². The molecule has 3 rings (SSSR count). The monoisotopic (exact) mass is 378 g/mol. The number of hydrogen-bond donors (Lipinski definition) is 1. The Kier molecular flexibility index (Phi) is 4.35. The largest absolute Gasteiger partial charge is 0.417 e. The lowest BCUT2D eigenvalue weighted by Crippen LogP contribution is -2.10. The highest BCUT2D eigenvalue weighted by atomic mass is 32.2. The van der Waals surface area contributed by atoms with Gasteiger partial charge in [-0.05, 0) is 12.1 Å². The van der Waals surface area contributed by atoms with E-state index < -0.39 is 23.7 Å². The van der Waals surface area contributed by atoms with Gasteiger partial charge in [-0.3, -0.25) is 4.98 Å². The average Bonchev–Trinajstić information content (AvgIpc) is 2.94. The molecule has 3 aromatic heterocycles. The number of rotatable bonds is 3. The fraction of sp³-hybridized carbons (Fsp3) is 0.214. The maximum Gasteiger partial charge on any atom is 0.417 e. The topological polar surface area (TPSA) is 54.5 Å². The Morgan fingerprint density at radius 1 is 1.08 bits per heavy atom. The standard InChI is InChI=1S/C14H8F6N4S/c15-13(16,17)6-25-10-5-21-2-1-8(10)11-23-9-3-7(14(18,19)20)4-22-12(9)24-11/h1-5H,6H2,(H,22,23,24). The molecule has 0 atom stereocenters. The molecule has 1 N–H and O–H groups in total. The lowest BCUT2D eigenvalue weighted by atomic mass is 10.2. The zero-order chi connectivity index (χ0) is 18.2. The Labute approximate surface area is 140 Å². The van der Waals surface area contributed by atoms with Crippen LogP contribution >= 0.6 is 11.8 Å². The van der Waals surface area contributed by atoms with Gasteiger partial charge in [0.25, 0.3) is 0 Å². The van der Waals surface area contributed by atoms with E-state index in [1.807, 2.05) is 0 Å². The minimum absolute atomic E-state index is 0.0339. The van der Waals surface area contributed by atoms with E-state index in [0.717, 1.165) is 6.07 Å². The quantitative estimate of drug-likeness (QED) is 0.531. The summed E-state index contributed by atoms with van der Waals surface area (Å²) in [5.74, 6) is -1.00. The van der Waals surface area contributed by atoms with Crippen LogP contribution in [0, 0.1) is 0 Å². The van der Waals surface area contributed by atoms with Crippen LogP contribution < -0.4 is 0 Å². The Morgan fingerprint density at radius 2 is 1.84 bits per heavy atom. The molecule has 0 bridgehead atoms. The van der Waals surface area contributed by atoms with E-state index in [1.165, 1.54) is 18.5 Å². The first-order chi connectivity index (χ1) is 11.6. The zero-order valence-corrected chi connectivity index (χ0v) is 12.9. The molecule has 132 valence electrons. The number of H-pyrrole nitrogens is 1. The number of nitrogens with one attached hydrogen (secondary N) is 1. The smallest absolute Gasteiger partial charge is 0.337 e. The zero-order valence-electron chi connectivity index (χ0n) is 12.1. The number of imidazole rings is 1. The normalized spacial score (nSPS) is 12.7. The Morgan fingerprint density at radius 3 is 2.52 bits per heavy atom. The van der Waals surface area contributed by atoms with Crippen LogP contribution in [-0.4, -0.2) is 31.9 Å². The fourth-order valence-electron chi connectivity index (χ4n) is 2.03. The molecule has 0 radical (unpaired) electrons. The van der Waals surface area contributed by atoms with Crippen LogP contribution in [0.25, 0.3) is 22.6 Å². The van der Waals surface area contributed by atoms with Gasteiger partial charge < -0.3 is 4.98 Å². The van der Waals surface area contributed by atoms with E-state index in [9.17, 15) is 26.3 Å². The summed E-state index contributed by atoms with van der Waals surface area (Å²) in [4.78, 5) is 14.3. The molecule has 0 aliphatic heterocycles. The van der Waals surface area contributed by atoms with E-state index in [2.05, 4.69) is 19.9 Å². The third kappa shape index (κ3) is 4.03. The van der Waals surface area contributed by atoms with Gasteiger partial charge in [-0.25, -0.2) is 9.97 Å². The molecule has 11 heteroatoms. The van der Waals surface area contributed by atoms with Crippen LogP contribution in [0.3, 0.4) is 0 Å². The van der Waals surface area contributed by atoms with Crippen molar-refractivity contribution in [2.24, 2.45) is 0 Å². The Hall–Kier alpha value is -2.30. The fourth-order valence-corrected chi connectivity index (χ4v) is 2.81. The average molecular weight is 378 g/mol. The SMILES string of the molecule is FC(F)(F)CSc1cnccc1-c1nc2ncc(C(F)(F)F)cc2[nH]1. The van der Waals surface area contributed by atoms with Crippen molar-refractivity contribution < 1.29 is 26.3 Å². The van der Waals surface area contributed by atoms with Crippen molar-refractivity contribution >= 4 is 22.9 Å². The van der Waals surface area contributed by atoms with Gasteiger partial charge in [0.15, 0.2) is 5.65 Å². The van der Waals surface area contributed by atoms with Crippen LogP contribution in [0.15, 0.2) is 35.6 Å². The van der Waals surface area contributed by atoms with Gasteiger partial charge in [-0.1, -0.05) is 0 Å². The second kappa shape index (κ2) is 6.21. The lowest BCUT2D eigenvalue weighted by Gasteiger charge is -2.08. The summed E-state index contributed by atoms with van der Waals surface area (Å²) in [6, 6.07) is 2.28. The van der Waals surface area contributed by atoms with Gasteiger partial charge in [0.1, 0.15) is 5.82 Å². The summed E-state index contributed by atoms with van der Waals surface area (Å²) in [6.45, 7) is 0. The van der Waals surface area contributed by atoms with Gasteiger partial charge in [0, 0.05) is 29.0 Å². The summed E-state index contributed by atoms with van der Waals surface area (Å²) < 4.78 is 75.4. The molecule has 0 aliphatic rings. The highest BCUT2D eigenvalue weighted by molar-refractivity contribution is 7.99. The maximum atomic E-state index is 12.7. The summed E-state index contributed by atoms with van der Waals surface area (Å²) in [5, 5.41) is 0. The van der Waals surface area contributed by atoms with E-state index in [1.54, 1.807) is 0 Å². The molecule has 0 fully saturated rings. The number of aromatic nitrogens is 4. The minimum Gasteiger partial charge on any atom is -0.337 e. The van der Waals surface area contributed by atoms with Crippen molar-refractivity contribution in [1.82, 2.24) is 19.9 Å². The number of aromatic amines is 1. The molecule has 0 amide bonds. The van der Waals surface area contributed by atoms with Crippen molar-refractivity contribution in [3.05, 3.63) is 36.3 Å². The lowest BCUT2D eigenvalue weighted by molar-refractivity contribution is -0.137. The third-order valence-corrected chi connectivity index (χ3v) is 4.20. The molecule has 25 heavy (non-hydrogen) atoms. The molecule has 0 saturated heterocycles. The summed E-state index contributed by atoms with van der Waals surface area (Å²) in [6.07, 6.45) is -5.67. The van der Waals surface area contributed by atoms with Gasteiger partial charge >= 0.3 is 12.4 Å². The molecule has 3 heterocycles. The van der Waals surface area contributed by atoms with Crippen LogP contribution in [0.4, 0.5) is 26.3 Å². The molecule has 0 aliphatic carbocycles. The van der Waals surface area contributed by atoms with Crippen molar-refractivity contribution in [2.45, 2.75) is 17.2 Å². The second-order valence-corrected chi connectivity index (χ2v) is 5.97. The van der Waals surface area contributed by atoms with E-state index >= 15 is 0 Å². The molecule has 0 aromatic carbocycles. The molecule has 0 spiro atoms. The first kappa shape index (κ1) is 17.5. The number of halogens is 6. The number of alkyl halides is 6. The minimum atomic E-state index is -4.56. The van der Waals surface area contributed by atoms with Crippen molar-refractivity contribution in [3.8, 4) is 11.4 Å². The van der Waals surface area contributed by atoms with Crippen LogP contribution in [-0.2, 0) is 6.18 Å². The van der Waals surface area contributed by atoms with Crippen molar-refractivity contribution in [2.75, 3.05) is 5.75 Å². The highest BCUT2D eigenvalue weighted by Gasteiger charge is 2.31. The first-order valence-electron chi connectivity index (χ1n) is 6.70. The number of fused-ring (bicyclic) bond motifs is 1. The Bertz CT molecular complexity index is 902. The van der Waals surface area contributed by atoms with Crippen LogP contribution in [0.2, 0.25) is 0 Å². The summed E-state index contributed by atoms with van der Waals surface area (Å²) >= 11 is 0.518. The van der Waals surface area contributed by atoms with E-state index in [0.29, 0.717) is 23.5 Å². The van der Waals surface area contributed by atoms with Gasteiger partial charge in [-0.2, -0.15) is 26.3 Å². The summed E-state index contributed by atoms with van der Waals surface area (Å²) in [7, 11) is 0. The van der Waals surface area contributed by atoms with E-state index in [-0.39, 0.29) is 21.9 Å². The maximum absolute atomic E-state index is 12.7. The molecule has 0 unspecified atom stereocenters. The summed E-state index contributed by atoms with van der Waals surface area (Å²) in [5.41, 5.74) is -0.576. The molecular formula is C14H8F6N4S. The number of hydrogen-bond acceptors (Lipinski definition) is 4. The highest BCUT2D eigenvalue weighted by Crippen LogP contribution is 2.34. The number of nitrogens with zero attached hydrogens (tertiary/aromatic N) is 3. The first-order valence-corrected chi connectivity index (χ1v) is 7.69. The van der Waals surface area contributed by atoms with Crippen molar-refractivity contribution in [3.63, 3.8) is 0 Å². The third-order valence-electron chi connectivity index (χ3n) is 3.10. The number of pyridine rings is 2. The van der Waals surface area contributed by atoms with Crippen molar-refractivity contribution in [1.29, 1.82) is 0 Å². The van der Waals surface area contributed by atoms with Gasteiger partial charge in [0.05, 0.1) is 16.8 Å².